The molecule has 3 N–H and O–H groups in total. The van der Waals surface area contributed by atoms with Crippen molar-refractivity contribution >= 4 is 17.4 Å². The molecule has 6 heteroatoms. The Bertz CT molecular complexity index is 576. The van der Waals surface area contributed by atoms with Gasteiger partial charge >= 0.3 is 6.03 Å². The van der Waals surface area contributed by atoms with Gasteiger partial charge in [0.15, 0.2) is 0 Å². The van der Waals surface area contributed by atoms with Crippen molar-refractivity contribution in [3.05, 3.63) is 42.2 Å². The first-order chi connectivity index (χ1) is 9.58. The summed E-state index contributed by atoms with van der Waals surface area (Å²) in [6.45, 7) is 2.08. The number of nitrogens with zero attached hydrogens (tertiary/aromatic N) is 2. The monoisotopic (exact) mass is 273 g/mol. The highest BCUT2D eigenvalue weighted by molar-refractivity contribution is 5.99. The second-order valence-electron chi connectivity index (χ2n) is 4.61. The molecule has 2 aromatic rings. The summed E-state index contributed by atoms with van der Waals surface area (Å²) in [7, 11) is 3.71. The van der Waals surface area contributed by atoms with Gasteiger partial charge < -0.3 is 16.0 Å². The molecule has 0 saturated heterocycles. The van der Waals surface area contributed by atoms with Crippen molar-refractivity contribution in [1.82, 2.24) is 15.1 Å². The molecule has 20 heavy (non-hydrogen) atoms. The first-order valence-corrected chi connectivity index (χ1v) is 6.42. The number of nitrogens with one attached hydrogen (secondary N) is 3. The maximum atomic E-state index is 11.8. The van der Waals surface area contributed by atoms with E-state index in [1.54, 1.807) is 24.1 Å². The Morgan fingerprint density at radius 3 is 2.40 bits per heavy atom. The van der Waals surface area contributed by atoms with Crippen molar-refractivity contribution in [2.24, 2.45) is 7.05 Å². The maximum absolute atomic E-state index is 11.8. The second kappa shape index (κ2) is 6.21. The van der Waals surface area contributed by atoms with E-state index < -0.39 is 0 Å². The van der Waals surface area contributed by atoms with E-state index in [9.17, 15) is 4.79 Å². The van der Waals surface area contributed by atoms with Gasteiger partial charge in [0.25, 0.3) is 0 Å². The van der Waals surface area contributed by atoms with Crippen molar-refractivity contribution in [3.63, 3.8) is 0 Å². The Balaban J connectivity index is 1.94. The summed E-state index contributed by atoms with van der Waals surface area (Å²) in [5.41, 5.74) is 2.58. The number of hydrogen-bond donors (Lipinski definition) is 3. The van der Waals surface area contributed by atoms with Crippen LogP contribution in [0.3, 0.4) is 0 Å². The Morgan fingerprint density at radius 1 is 1.20 bits per heavy atom. The highest BCUT2D eigenvalue weighted by atomic mass is 16.2. The minimum Gasteiger partial charge on any atom is -0.313 e. The van der Waals surface area contributed by atoms with E-state index >= 15 is 0 Å². The second-order valence-corrected chi connectivity index (χ2v) is 4.61. The van der Waals surface area contributed by atoms with Gasteiger partial charge in [0.05, 0.1) is 11.9 Å². The fraction of sp³-hybridized carbons (Fsp3) is 0.286. The van der Waals surface area contributed by atoms with Crippen LogP contribution in [0.15, 0.2) is 36.7 Å². The van der Waals surface area contributed by atoms with Gasteiger partial charge in [-0.05, 0) is 31.7 Å². The zero-order chi connectivity index (χ0) is 14.5. The highest BCUT2D eigenvalue weighted by Gasteiger charge is 2.05. The number of anilines is 2. The molecule has 0 aliphatic rings. The molecule has 0 fully saturated rings. The van der Waals surface area contributed by atoms with E-state index in [0.29, 0.717) is 5.69 Å². The lowest BCUT2D eigenvalue weighted by atomic mass is 10.1. The first-order valence-electron chi connectivity index (χ1n) is 6.42. The molecule has 0 aliphatic carbocycles. The smallest absolute Gasteiger partial charge is 0.313 e. The Hall–Kier alpha value is -2.34. The first kappa shape index (κ1) is 14.1. The predicted octanol–water partition coefficient (Wildman–Crippen LogP) is 2.34. The van der Waals surface area contributed by atoms with Crippen LogP contribution in [0.1, 0.15) is 18.5 Å². The number of amides is 2. The zero-order valence-corrected chi connectivity index (χ0v) is 11.8. The van der Waals surface area contributed by atoms with Crippen LogP contribution >= 0.6 is 0 Å². The van der Waals surface area contributed by atoms with Crippen LogP contribution in [0.5, 0.6) is 0 Å². The minimum absolute atomic E-state index is 0.285. The van der Waals surface area contributed by atoms with Gasteiger partial charge in [-0.25, -0.2) is 4.79 Å². The van der Waals surface area contributed by atoms with Crippen molar-refractivity contribution in [2.45, 2.75) is 13.0 Å². The standard InChI is InChI=1S/C14H19N5O/c1-10(15-2)11-4-6-12(7-5-11)17-14(20)18-13-8-16-19(3)9-13/h4-10,15H,1-3H3,(H2,17,18,20). The summed E-state index contributed by atoms with van der Waals surface area (Å²) in [6, 6.07) is 7.74. The average Bonchev–Trinajstić information content (AvgIpc) is 2.84. The quantitative estimate of drug-likeness (QED) is 0.800. The summed E-state index contributed by atoms with van der Waals surface area (Å²) >= 11 is 0. The number of benzene rings is 1. The van der Waals surface area contributed by atoms with Crippen LogP contribution in [0.4, 0.5) is 16.2 Å². The summed E-state index contributed by atoms with van der Waals surface area (Å²) in [5, 5.41) is 12.6. The predicted molar refractivity (Wildman–Crippen MR) is 79.8 cm³/mol. The van der Waals surface area contributed by atoms with Crippen LogP contribution in [0.2, 0.25) is 0 Å². The van der Waals surface area contributed by atoms with E-state index in [-0.39, 0.29) is 12.1 Å². The molecule has 0 radical (unpaired) electrons. The number of carbonyl (C=O) groups is 1. The molecule has 6 nitrogen and oxygen atoms in total. The molecular formula is C14H19N5O. The van der Waals surface area contributed by atoms with Gasteiger partial charge in [-0.1, -0.05) is 12.1 Å². The van der Waals surface area contributed by atoms with E-state index in [2.05, 4.69) is 28.0 Å². The van der Waals surface area contributed by atoms with E-state index in [1.165, 1.54) is 5.56 Å². The molecule has 0 spiro atoms. The molecule has 2 rings (SSSR count). The SMILES string of the molecule is CNC(C)c1ccc(NC(=O)Nc2cnn(C)c2)cc1. The Morgan fingerprint density at radius 2 is 1.85 bits per heavy atom. The molecule has 1 unspecified atom stereocenters. The molecule has 1 aromatic heterocycles. The number of carbonyl (C=O) groups excluding carboxylic acids is 1. The van der Waals surface area contributed by atoms with Crippen molar-refractivity contribution in [1.29, 1.82) is 0 Å². The van der Waals surface area contributed by atoms with E-state index in [0.717, 1.165) is 5.69 Å². The van der Waals surface area contributed by atoms with E-state index in [1.807, 2.05) is 31.3 Å². The van der Waals surface area contributed by atoms with Crippen LogP contribution in [-0.2, 0) is 7.05 Å². The highest BCUT2D eigenvalue weighted by Crippen LogP contribution is 2.15. The molecule has 0 bridgehead atoms. The minimum atomic E-state index is -0.285. The number of aryl methyl sites for hydroxylation is 1. The topological polar surface area (TPSA) is 71.0 Å². The van der Waals surface area contributed by atoms with Crippen LogP contribution in [0, 0.1) is 0 Å². The molecule has 1 heterocycles. The van der Waals surface area contributed by atoms with Gasteiger partial charge in [-0.3, -0.25) is 4.68 Å². The van der Waals surface area contributed by atoms with Crippen LogP contribution in [0.25, 0.3) is 0 Å². The third-order valence-electron chi connectivity index (χ3n) is 3.06. The average molecular weight is 273 g/mol. The van der Waals surface area contributed by atoms with Crippen LogP contribution < -0.4 is 16.0 Å². The molecule has 0 aliphatic heterocycles. The van der Waals surface area contributed by atoms with Gasteiger partial charge in [-0.15, -0.1) is 0 Å². The van der Waals surface area contributed by atoms with Crippen molar-refractivity contribution < 1.29 is 4.79 Å². The lowest BCUT2D eigenvalue weighted by molar-refractivity contribution is 0.262. The lowest BCUT2D eigenvalue weighted by Crippen LogP contribution is -2.19. The summed E-state index contributed by atoms with van der Waals surface area (Å²) in [6.07, 6.45) is 3.33. The van der Waals surface area contributed by atoms with Gasteiger partial charge in [-0.2, -0.15) is 5.10 Å². The molecular weight excluding hydrogens is 254 g/mol. The summed E-state index contributed by atoms with van der Waals surface area (Å²) < 4.78 is 1.63. The molecule has 1 atom stereocenters. The van der Waals surface area contributed by atoms with E-state index in [4.69, 9.17) is 0 Å². The summed E-state index contributed by atoms with van der Waals surface area (Å²) in [5.74, 6) is 0. The fourth-order valence-electron chi connectivity index (χ4n) is 1.80. The number of rotatable bonds is 4. The largest absolute Gasteiger partial charge is 0.323 e. The molecule has 2 amide bonds. The van der Waals surface area contributed by atoms with Gasteiger partial charge in [0.1, 0.15) is 0 Å². The third-order valence-corrected chi connectivity index (χ3v) is 3.06. The number of hydrogen-bond acceptors (Lipinski definition) is 3. The number of aromatic nitrogens is 2. The normalized spacial score (nSPS) is 11.9. The fourth-order valence-corrected chi connectivity index (χ4v) is 1.80. The number of urea groups is 1. The van der Waals surface area contributed by atoms with Crippen LogP contribution in [-0.4, -0.2) is 22.9 Å². The Labute approximate surface area is 118 Å². The summed E-state index contributed by atoms with van der Waals surface area (Å²) in [4.78, 5) is 11.8. The third kappa shape index (κ3) is 3.58. The van der Waals surface area contributed by atoms with Gasteiger partial charge in [0.2, 0.25) is 0 Å². The molecule has 0 saturated carbocycles. The molecule has 1 aromatic carbocycles. The van der Waals surface area contributed by atoms with Crippen molar-refractivity contribution in [2.75, 3.05) is 17.7 Å². The van der Waals surface area contributed by atoms with Crippen molar-refractivity contribution in [3.8, 4) is 0 Å². The lowest BCUT2D eigenvalue weighted by Gasteiger charge is -2.11. The van der Waals surface area contributed by atoms with Gasteiger partial charge in [0, 0.05) is 25.0 Å². The maximum Gasteiger partial charge on any atom is 0.323 e. The zero-order valence-electron chi connectivity index (χ0n) is 11.8. The Kier molecular flexibility index (Phi) is 4.37. The molecule has 106 valence electrons.